The van der Waals surface area contributed by atoms with Crippen LogP contribution in [0.4, 0.5) is 11.4 Å². The fourth-order valence-electron chi connectivity index (χ4n) is 2.50. The lowest BCUT2D eigenvalue weighted by Crippen LogP contribution is -2.24. The summed E-state index contributed by atoms with van der Waals surface area (Å²) in [4.78, 5) is 22.3. The van der Waals surface area contributed by atoms with Crippen molar-refractivity contribution >= 4 is 17.3 Å². The molecule has 0 aliphatic heterocycles. The Morgan fingerprint density at radius 1 is 1.24 bits per heavy atom. The third kappa shape index (κ3) is 4.54. The second kappa shape index (κ2) is 7.76. The van der Waals surface area contributed by atoms with E-state index in [-0.39, 0.29) is 17.2 Å². The zero-order valence-corrected chi connectivity index (χ0v) is 14.2. The molecule has 132 valence electrons. The molecule has 0 aliphatic rings. The van der Waals surface area contributed by atoms with E-state index in [4.69, 9.17) is 0 Å². The van der Waals surface area contributed by atoms with Gasteiger partial charge in [0.2, 0.25) is 0 Å². The van der Waals surface area contributed by atoms with Gasteiger partial charge in [0.15, 0.2) is 0 Å². The molecule has 0 radical (unpaired) electrons. The van der Waals surface area contributed by atoms with Crippen LogP contribution in [0.25, 0.3) is 0 Å². The van der Waals surface area contributed by atoms with Crippen molar-refractivity contribution in [1.29, 1.82) is 0 Å². The van der Waals surface area contributed by atoms with Gasteiger partial charge in [0.05, 0.1) is 10.5 Å². The Kier molecular flexibility index (Phi) is 5.71. The molecule has 0 spiro atoms. The van der Waals surface area contributed by atoms with Crippen molar-refractivity contribution in [1.82, 2.24) is 5.32 Å². The van der Waals surface area contributed by atoms with Gasteiger partial charge in [0, 0.05) is 25.2 Å². The van der Waals surface area contributed by atoms with Crippen molar-refractivity contribution in [2.75, 3.05) is 18.9 Å². The highest BCUT2D eigenvalue weighted by atomic mass is 16.6. The SMILES string of the molecule is CNC(=O)c1ccc(NCCC(C)(O)c2ccccc2)c([N+](=O)[O-])c1. The zero-order valence-electron chi connectivity index (χ0n) is 14.2. The molecule has 0 saturated carbocycles. The highest BCUT2D eigenvalue weighted by Gasteiger charge is 2.23. The third-order valence-corrected chi connectivity index (χ3v) is 4.01. The van der Waals surface area contributed by atoms with Gasteiger partial charge in [-0.1, -0.05) is 30.3 Å². The highest BCUT2D eigenvalue weighted by molar-refractivity contribution is 5.95. The van der Waals surface area contributed by atoms with Crippen LogP contribution in [0.2, 0.25) is 0 Å². The molecule has 7 nitrogen and oxygen atoms in total. The number of carbonyl (C=O) groups is 1. The van der Waals surface area contributed by atoms with E-state index < -0.39 is 10.5 Å². The number of amides is 1. The minimum Gasteiger partial charge on any atom is -0.385 e. The van der Waals surface area contributed by atoms with Crippen LogP contribution >= 0.6 is 0 Å². The fraction of sp³-hybridized carbons (Fsp3) is 0.278. The van der Waals surface area contributed by atoms with E-state index in [1.54, 1.807) is 6.92 Å². The predicted molar refractivity (Wildman–Crippen MR) is 95.6 cm³/mol. The molecule has 2 aromatic rings. The average Bonchev–Trinajstić information content (AvgIpc) is 2.61. The summed E-state index contributed by atoms with van der Waals surface area (Å²) < 4.78 is 0. The smallest absolute Gasteiger partial charge is 0.293 e. The number of nitrogens with zero attached hydrogens (tertiary/aromatic N) is 1. The molecule has 0 aliphatic carbocycles. The molecular formula is C18H21N3O4. The zero-order chi connectivity index (χ0) is 18.4. The van der Waals surface area contributed by atoms with E-state index in [1.165, 1.54) is 25.2 Å². The summed E-state index contributed by atoms with van der Waals surface area (Å²) in [7, 11) is 1.46. The first-order valence-electron chi connectivity index (χ1n) is 7.87. The highest BCUT2D eigenvalue weighted by Crippen LogP contribution is 2.28. The molecule has 2 aromatic carbocycles. The number of carbonyl (C=O) groups excluding carboxylic acids is 1. The minimum absolute atomic E-state index is 0.180. The number of nitro benzene ring substituents is 1. The lowest BCUT2D eigenvalue weighted by Gasteiger charge is -2.24. The molecule has 2 rings (SSSR count). The summed E-state index contributed by atoms with van der Waals surface area (Å²) >= 11 is 0. The summed E-state index contributed by atoms with van der Waals surface area (Å²) in [5, 5.41) is 27.2. The number of benzene rings is 2. The van der Waals surface area contributed by atoms with Crippen molar-refractivity contribution < 1.29 is 14.8 Å². The first-order chi connectivity index (χ1) is 11.8. The van der Waals surface area contributed by atoms with Crippen LogP contribution in [0.3, 0.4) is 0 Å². The van der Waals surface area contributed by atoms with Gasteiger partial charge in [-0.05, 0) is 31.0 Å². The van der Waals surface area contributed by atoms with Crippen molar-refractivity contribution in [3.63, 3.8) is 0 Å². The van der Waals surface area contributed by atoms with E-state index >= 15 is 0 Å². The van der Waals surface area contributed by atoms with Crippen molar-refractivity contribution in [2.45, 2.75) is 18.9 Å². The minimum atomic E-state index is -1.05. The maximum absolute atomic E-state index is 11.6. The number of aliphatic hydroxyl groups is 1. The van der Waals surface area contributed by atoms with Crippen LogP contribution < -0.4 is 10.6 Å². The van der Waals surface area contributed by atoms with Gasteiger partial charge in [-0.15, -0.1) is 0 Å². The molecule has 0 heterocycles. The Morgan fingerprint density at radius 2 is 1.92 bits per heavy atom. The number of anilines is 1. The Balaban J connectivity index is 2.10. The number of hydrogen-bond acceptors (Lipinski definition) is 5. The molecule has 0 fully saturated rings. The van der Waals surface area contributed by atoms with Crippen LogP contribution in [0.15, 0.2) is 48.5 Å². The van der Waals surface area contributed by atoms with Gasteiger partial charge in [0.25, 0.3) is 11.6 Å². The van der Waals surface area contributed by atoms with Gasteiger partial charge in [-0.3, -0.25) is 14.9 Å². The molecule has 1 atom stereocenters. The summed E-state index contributed by atoms with van der Waals surface area (Å²) in [6.07, 6.45) is 0.366. The molecule has 7 heteroatoms. The Bertz CT molecular complexity index is 760. The summed E-state index contributed by atoms with van der Waals surface area (Å²) in [6, 6.07) is 13.5. The van der Waals surface area contributed by atoms with E-state index in [1.807, 2.05) is 30.3 Å². The second-order valence-electron chi connectivity index (χ2n) is 5.88. The van der Waals surface area contributed by atoms with Gasteiger partial charge < -0.3 is 15.7 Å². The quantitative estimate of drug-likeness (QED) is 0.529. The van der Waals surface area contributed by atoms with Crippen LogP contribution in [0.1, 0.15) is 29.3 Å². The van der Waals surface area contributed by atoms with E-state index in [0.29, 0.717) is 18.7 Å². The maximum atomic E-state index is 11.6. The normalized spacial score (nSPS) is 12.9. The fourth-order valence-corrected chi connectivity index (χ4v) is 2.50. The number of rotatable bonds is 7. The monoisotopic (exact) mass is 343 g/mol. The van der Waals surface area contributed by atoms with Crippen LogP contribution in [-0.4, -0.2) is 29.5 Å². The third-order valence-electron chi connectivity index (χ3n) is 4.01. The average molecular weight is 343 g/mol. The van der Waals surface area contributed by atoms with Gasteiger partial charge in [-0.25, -0.2) is 0 Å². The van der Waals surface area contributed by atoms with Crippen molar-refractivity contribution in [3.8, 4) is 0 Å². The topological polar surface area (TPSA) is 104 Å². The summed E-state index contributed by atoms with van der Waals surface area (Å²) in [6.45, 7) is 2.04. The summed E-state index contributed by atoms with van der Waals surface area (Å²) in [5.41, 5.74) is 0.0738. The van der Waals surface area contributed by atoms with Crippen molar-refractivity contribution in [2.24, 2.45) is 0 Å². The first kappa shape index (κ1) is 18.4. The molecular weight excluding hydrogens is 322 g/mol. The number of nitro groups is 1. The molecule has 0 aromatic heterocycles. The lowest BCUT2D eigenvalue weighted by molar-refractivity contribution is -0.384. The Labute approximate surface area is 145 Å². The number of nitrogens with one attached hydrogen (secondary N) is 2. The molecule has 1 amide bonds. The lowest BCUT2D eigenvalue weighted by atomic mass is 9.92. The standard InChI is InChI=1S/C18H21N3O4/c1-18(23,14-6-4-3-5-7-14)10-11-20-15-9-8-13(17(22)19-2)12-16(15)21(24)25/h3-9,12,20,23H,10-11H2,1-2H3,(H,19,22). The van der Waals surface area contributed by atoms with E-state index in [9.17, 15) is 20.0 Å². The molecule has 1 unspecified atom stereocenters. The van der Waals surface area contributed by atoms with Crippen LogP contribution in [0, 0.1) is 10.1 Å². The van der Waals surface area contributed by atoms with E-state index in [2.05, 4.69) is 10.6 Å². The molecule has 3 N–H and O–H groups in total. The van der Waals surface area contributed by atoms with Crippen molar-refractivity contribution in [3.05, 3.63) is 69.8 Å². The molecule has 0 saturated heterocycles. The second-order valence-corrected chi connectivity index (χ2v) is 5.88. The van der Waals surface area contributed by atoms with Gasteiger partial charge in [0.1, 0.15) is 5.69 Å². The van der Waals surface area contributed by atoms with E-state index in [0.717, 1.165) is 5.56 Å². The molecule has 25 heavy (non-hydrogen) atoms. The maximum Gasteiger partial charge on any atom is 0.293 e. The first-order valence-corrected chi connectivity index (χ1v) is 7.87. The van der Waals surface area contributed by atoms with Gasteiger partial charge >= 0.3 is 0 Å². The predicted octanol–water partition coefficient (Wildman–Crippen LogP) is 2.66. The molecule has 0 bridgehead atoms. The van der Waals surface area contributed by atoms with Crippen LogP contribution in [-0.2, 0) is 5.60 Å². The van der Waals surface area contributed by atoms with Gasteiger partial charge in [-0.2, -0.15) is 0 Å². The van der Waals surface area contributed by atoms with Crippen LogP contribution in [0.5, 0.6) is 0 Å². The Morgan fingerprint density at radius 3 is 2.52 bits per heavy atom. The summed E-state index contributed by atoms with van der Waals surface area (Å²) in [5.74, 6) is -0.387. The Hall–Kier alpha value is -2.93. The number of hydrogen-bond donors (Lipinski definition) is 3. The largest absolute Gasteiger partial charge is 0.385 e.